The lowest BCUT2D eigenvalue weighted by atomic mass is 10.2. The molecule has 1 aliphatic rings. The second-order valence-electron chi connectivity index (χ2n) is 5.79. The van der Waals surface area contributed by atoms with Gasteiger partial charge in [-0.15, -0.1) is 0 Å². The van der Waals surface area contributed by atoms with E-state index in [1.165, 1.54) is 5.56 Å². The maximum absolute atomic E-state index is 6.05. The molecule has 1 aliphatic heterocycles. The number of nitrogen functional groups attached to an aromatic ring is 1. The molecule has 4 heteroatoms. The molecule has 0 bridgehead atoms. The molecule has 116 valence electrons. The van der Waals surface area contributed by atoms with Crippen molar-refractivity contribution in [1.82, 2.24) is 4.90 Å². The van der Waals surface area contributed by atoms with Crippen molar-refractivity contribution in [2.45, 2.75) is 6.61 Å². The minimum Gasteiger partial charge on any atom is -0.487 e. The molecule has 1 saturated heterocycles. The van der Waals surface area contributed by atoms with Gasteiger partial charge in [-0.25, -0.2) is 0 Å². The molecule has 2 aromatic carbocycles. The monoisotopic (exact) mass is 297 g/mol. The van der Waals surface area contributed by atoms with Gasteiger partial charge in [-0.1, -0.05) is 30.3 Å². The fourth-order valence-corrected chi connectivity index (χ4v) is 2.69. The Labute approximate surface area is 132 Å². The summed E-state index contributed by atoms with van der Waals surface area (Å²) in [7, 11) is 2.16. The van der Waals surface area contributed by atoms with Gasteiger partial charge in [0.1, 0.15) is 12.4 Å². The van der Waals surface area contributed by atoms with Gasteiger partial charge in [0.15, 0.2) is 0 Å². The summed E-state index contributed by atoms with van der Waals surface area (Å²) in [6.45, 7) is 4.70. The molecular weight excluding hydrogens is 274 g/mol. The van der Waals surface area contributed by atoms with Crippen LogP contribution < -0.4 is 15.4 Å². The number of hydrogen-bond donors (Lipinski definition) is 1. The maximum Gasteiger partial charge on any atom is 0.143 e. The van der Waals surface area contributed by atoms with E-state index in [0.29, 0.717) is 6.61 Å². The van der Waals surface area contributed by atoms with Gasteiger partial charge in [-0.05, 0) is 30.8 Å². The lowest BCUT2D eigenvalue weighted by molar-refractivity contribution is 0.296. The van der Waals surface area contributed by atoms with Crippen LogP contribution in [0, 0.1) is 0 Å². The first-order valence-electron chi connectivity index (χ1n) is 7.72. The zero-order valence-corrected chi connectivity index (χ0v) is 13.0. The summed E-state index contributed by atoms with van der Waals surface area (Å²) in [6.07, 6.45) is 0. The summed E-state index contributed by atoms with van der Waals surface area (Å²) in [5.41, 5.74) is 9.03. The third-order valence-corrected chi connectivity index (χ3v) is 4.06. The quantitative estimate of drug-likeness (QED) is 0.881. The highest BCUT2D eigenvalue weighted by atomic mass is 16.5. The molecule has 4 nitrogen and oxygen atoms in total. The van der Waals surface area contributed by atoms with Crippen molar-refractivity contribution >= 4 is 11.4 Å². The summed E-state index contributed by atoms with van der Waals surface area (Å²) in [4.78, 5) is 4.70. The Balaban J connectivity index is 1.76. The first-order valence-corrected chi connectivity index (χ1v) is 7.72. The third-order valence-electron chi connectivity index (χ3n) is 4.06. The normalized spacial score (nSPS) is 15.8. The van der Waals surface area contributed by atoms with E-state index < -0.39 is 0 Å². The number of nitrogens with zero attached hydrogens (tertiary/aromatic N) is 2. The Morgan fingerprint density at radius 3 is 2.45 bits per heavy atom. The molecule has 0 aliphatic carbocycles. The largest absolute Gasteiger partial charge is 0.487 e. The zero-order valence-electron chi connectivity index (χ0n) is 13.0. The fourth-order valence-electron chi connectivity index (χ4n) is 2.69. The number of nitrogens with two attached hydrogens (primary N) is 1. The summed E-state index contributed by atoms with van der Waals surface area (Å²) in [6, 6.07) is 16.1. The topological polar surface area (TPSA) is 41.7 Å². The molecule has 0 amide bonds. The highest BCUT2D eigenvalue weighted by molar-refractivity contribution is 5.65. The first kappa shape index (κ1) is 14.7. The van der Waals surface area contributed by atoms with Gasteiger partial charge in [0.25, 0.3) is 0 Å². The molecule has 2 N–H and O–H groups in total. The second-order valence-corrected chi connectivity index (χ2v) is 5.79. The predicted octanol–water partition coefficient (Wildman–Crippen LogP) is 2.60. The number of piperazine rings is 1. The van der Waals surface area contributed by atoms with Crippen molar-refractivity contribution in [1.29, 1.82) is 0 Å². The molecule has 22 heavy (non-hydrogen) atoms. The number of hydrogen-bond acceptors (Lipinski definition) is 4. The van der Waals surface area contributed by atoms with E-state index in [0.717, 1.165) is 43.3 Å². The van der Waals surface area contributed by atoms with E-state index in [-0.39, 0.29) is 0 Å². The van der Waals surface area contributed by atoms with Crippen LogP contribution in [0.25, 0.3) is 0 Å². The lowest BCUT2D eigenvalue weighted by Crippen LogP contribution is -2.44. The molecule has 0 saturated carbocycles. The SMILES string of the molecule is CN1CCN(c2cc(N)ccc2OCc2ccccc2)CC1. The molecule has 3 rings (SSSR count). The Morgan fingerprint density at radius 2 is 1.73 bits per heavy atom. The Morgan fingerprint density at radius 1 is 1.00 bits per heavy atom. The van der Waals surface area contributed by atoms with Gasteiger partial charge in [0.2, 0.25) is 0 Å². The smallest absolute Gasteiger partial charge is 0.143 e. The number of rotatable bonds is 4. The lowest BCUT2D eigenvalue weighted by Gasteiger charge is -2.35. The molecule has 0 unspecified atom stereocenters. The molecule has 0 spiro atoms. The third kappa shape index (κ3) is 3.52. The van der Waals surface area contributed by atoms with Crippen molar-refractivity contribution in [3.05, 3.63) is 54.1 Å². The van der Waals surface area contributed by atoms with E-state index in [2.05, 4.69) is 29.0 Å². The van der Waals surface area contributed by atoms with Crippen molar-refractivity contribution in [3.63, 3.8) is 0 Å². The summed E-state index contributed by atoms with van der Waals surface area (Å²) in [5.74, 6) is 0.905. The second kappa shape index (κ2) is 6.71. The highest BCUT2D eigenvalue weighted by Crippen LogP contribution is 2.31. The summed E-state index contributed by atoms with van der Waals surface area (Å²) < 4.78 is 6.05. The van der Waals surface area contributed by atoms with E-state index in [4.69, 9.17) is 10.5 Å². The summed E-state index contributed by atoms with van der Waals surface area (Å²) >= 11 is 0. The average molecular weight is 297 g/mol. The molecule has 0 aromatic heterocycles. The molecule has 0 atom stereocenters. The van der Waals surface area contributed by atoms with Crippen LogP contribution in [0.15, 0.2) is 48.5 Å². The summed E-state index contributed by atoms with van der Waals surface area (Å²) in [5, 5.41) is 0. The number of benzene rings is 2. The van der Waals surface area contributed by atoms with Crippen LogP contribution in [-0.2, 0) is 6.61 Å². The molecule has 0 radical (unpaired) electrons. The van der Waals surface area contributed by atoms with E-state index in [1.807, 2.05) is 36.4 Å². The standard InChI is InChI=1S/C18H23N3O/c1-20-9-11-21(12-10-20)17-13-16(19)7-8-18(17)22-14-15-5-3-2-4-6-15/h2-8,13H,9-12,14,19H2,1H3. The van der Waals surface area contributed by atoms with Crippen molar-refractivity contribution in [3.8, 4) is 5.75 Å². The van der Waals surface area contributed by atoms with E-state index in [9.17, 15) is 0 Å². The molecule has 1 heterocycles. The van der Waals surface area contributed by atoms with Crippen LogP contribution in [-0.4, -0.2) is 38.1 Å². The number of likely N-dealkylation sites (N-methyl/N-ethyl adjacent to an activating group) is 1. The molecule has 1 fully saturated rings. The zero-order chi connectivity index (χ0) is 15.4. The fraction of sp³-hybridized carbons (Fsp3) is 0.333. The number of anilines is 2. The van der Waals surface area contributed by atoms with Gasteiger partial charge in [0.05, 0.1) is 5.69 Å². The maximum atomic E-state index is 6.05. The average Bonchev–Trinajstić information content (AvgIpc) is 2.55. The Bertz CT molecular complexity index is 607. The van der Waals surface area contributed by atoms with Gasteiger partial charge in [-0.3, -0.25) is 0 Å². The molecular formula is C18H23N3O. The highest BCUT2D eigenvalue weighted by Gasteiger charge is 2.18. The van der Waals surface area contributed by atoms with Crippen LogP contribution in [0.4, 0.5) is 11.4 Å². The van der Waals surface area contributed by atoms with Crippen LogP contribution >= 0.6 is 0 Å². The Kier molecular flexibility index (Phi) is 4.49. The van der Waals surface area contributed by atoms with Gasteiger partial charge in [-0.2, -0.15) is 0 Å². The minimum absolute atomic E-state index is 0.575. The van der Waals surface area contributed by atoms with Crippen molar-refractivity contribution < 1.29 is 4.74 Å². The number of ether oxygens (including phenoxy) is 1. The van der Waals surface area contributed by atoms with Gasteiger partial charge >= 0.3 is 0 Å². The van der Waals surface area contributed by atoms with Crippen LogP contribution in [0.3, 0.4) is 0 Å². The van der Waals surface area contributed by atoms with Crippen LogP contribution in [0.1, 0.15) is 5.56 Å². The van der Waals surface area contributed by atoms with Gasteiger partial charge in [0, 0.05) is 31.9 Å². The minimum atomic E-state index is 0.575. The Hall–Kier alpha value is -2.20. The van der Waals surface area contributed by atoms with Crippen molar-refractivity contribution in [2.24, 2.45) is 0 Å². The first-order chi connectivity index (χ1) is 10.7. The van der Waals surface area contributed by atoms with Crippen LogP contribution in [0.2, 0.25) is 0 Å². The van der Waals surface area contributed by atoms with Crippen molar-refractivity contribution in [2.75, 3.05) is 43.9 Å². The molecule has 2 aromatic rings. The van der Waals surface area contributed by atoms with Crippen LogP contribution in [0.5, 0.6) is 5.75 Å². The van der Waals surface area contributed by atoms with E-state index in [1.54, 1.807) is 0 Å². The van der Waals surface area contributed by atoms with E-state index >= 15 is 0 Å². The predicted molar refractivity (Wildman–Crippen MR) is 91.3 cm³/mol. The van der Waals surface area contributed by atoms with Gasteiger partial charge < -0.3 is 20.3 Å².